The second-order valence-corrected chi connectivity index (χ2v) is 5.76. The van der Waals surface area contributed by atoms with Crippen molar-refractivity contribution in [2.75, 3.05) is 0 Å². The molecule has 0 spiro atoms. The molecule has 7 heteroatoms. The third kappa shape index (κ3) is 4.29. The number of rotatable bonds is 4. The largest absolute Gasteiger partial charge is 0.430 e. The molecule has 0 saturated heterocycles. The van der Waals surface area contributed by atoms with E-state index in [0.29, 0.717) is 6.08 Å². The maximum absolute atomic E-state index is 12.4. The Morgan fingerprint density at radius 2 is 2.04 bits per heavy atom. The van der Waals surface area contributed by atoms with Gasteiger partial charge in [0, 0.05) is 16.0 Å². The van der Waals surface area contributed by atoms with Crippen LogP contribution in [0, 0.1) is 5.41 Å². The van der Waals surface area contributed by atoms with E-state index in [1.807, 2.05) is 31.2 Å². The van der Waals surface area contributed by atoms with Crippen molar-refractivity contribution in [2.45, 2.75) is 13.1 Å². The molecule has 0 bridgehead atoms. The van der Waals surface area contributed by atoms with Crippen LogP contribution in [0.3, 0.4) is 0 Å². The van der Waals surface area contributed by atoms with Crippen LogP contribution in [0.25, 0.3) is 16.5 Å². The van der Waals surface area contributed by atoms with Crippen molar-refractivity contribution >= 4 is 23.1 Å². The molecule has 2 aromatic heterocycles. The van der Waals surface area contributed by atoms with E-state index in [4.69, 9.17) is 11.1 Å². The van der Waals surface area contributed by atoms with Crippen molar-refractivity contribution < 1.29 is 13.2 Å². The first-order chi connectivity index (χ1) is 10.8. The first-order valence-corrected chi connectivity index (χ1v) is 7.45. The highest BCUT2D eigenvalue weighted by atomic mass is 32.1. The lowest BCUT2D eigenvalue weighted by Crippen LogP contribution is -2.20. The van der Waals surface area contributed by atoms with Gasteiger partial charge >= 0.3 is 6.18 Å². The first-order valence-electron chi connectivity index (χ1n) is 6.63. The minimum Gasteiger partial charge on any atom is -0.395 e. The molecule has 3 nitrogen and oxygen atoms in total. The van der Waals surface area contributed by atoms with E-state index in [-0.39, 0.29) is 11.4 Å². The lowest BCUT2D eigenvalue weighted by molar-refractivity contribution is -0.0925. The van der Waals surface area contributed by atoms with Gasteiger partial charge in [-0.25, -0.2) is 0 Å². The number of allylic oxidation sites excluding steroid dienone is 3. The quantitative estimate of drug-likeness (QED) is 0.800. The topological polar surface area (TPSA) is 62.8 Å². The van der Waals surface area contributed by atoms with Gasteiger partial charge in [-0.05, 0) is 48.9 Å². The predicted octanol–water partition coefficient (Wildman–Crippen LogP) is 4.62. The summed E-state index contributed by atoms with van der Waals surface area (Å²) in [6, 6.07) is 7.20. The van der Waals surface area contributed by atoms with Crippen molar-refractivity contribution in [3.05, 3.63) is 58.9 Å². The van der Waals surface area contributed by atoms with E-state index in [1.165, 1.54) is 6.20 Å². The van der Waals surface area contributed by atoms with Crippen molar-refractivity contribution in [2.24, 2.45) is 5.73 Å². The molecule has 0 aliphatic rings. The summed E-state index contributed by atoms with van der Waals surface area (Å²) in [7, 11) is 0. The van der Waals surface area contributed by atoms with Crippen LogP contribution >= 0.6 is 11.3 Å². The summed E-state index contributed by atoms with van der Waals surface area (Å²) >= 11 is 1.54. The molecular formula is C16H14F3N3S. The standard InChI is InChI=1S/C16H14F3N3S/c1-2-3-11-4-5-14(23-11)10-6-7-22-13(8-10)12(20)9-15(21)16(17,18)19/h2-9,20H,21H2,1H3/b3-2+,15-9?,20-12?. The number of hydrogen-bond acceptors (Lipinski definition) is 4. The molecule has 0 aliphatic carbocycles. The van der Waals surface area contributed by atoms with Crippen LogP contribution in [0.15, 0.2) is 48.3 Å². The molecule has 2 heterocycles. The Hall–Kier alpha value is -2.41. The molecular weight excluding hydrogens is 323 g/mol. The van der Waals surface area contributed by atoms with E-state index in [1.54, 1.807) is 23.5 Å². The fourth-order valence-electron chi connectivity index (χ4n) is 1.80. The van der Waals surface area contributed by atoms with E-state index in [0.717, 1.165) is 15.3 Å². The lowest BCUT2D eigenvalue weighted by Gasteiger charge is -2.07. The molecule has 2 rings (SSSR count). The van der Waals surface area contributed by atoms with E-state index < -0.39 is 11.9 Å². The minimum absolute atomic E-state index is 0.135. The summed E-state index contributed by atoms with van der Waals surface area (Å²) < 4.78 is 37.3. The van der Waals surface area contributed by atoms with Gasteiger partial charge in [0.15, 0.2) is 0 Å². The lowest BCUT2D eigenvalue weighted by atomic mass is 10.1. The van der Waals surface area contributed by atoms with Crippen LogP contribution in [-0.2, 0) is 0 Å². The van der Waals surface area contributed by atoms with Crippen LogP contribution in [-0.4, -0.2) is 16.9 Å². The summed E-state index contributed by atoms with van der Waals surface area (Å²) in [6.07, 6.45) is 1.27. The van der Waals surface area contributed by atoms with Gasteiger partial charge in [-0.15, -0.1) is 11.3 Å². The molecule has 0 fully saturated rings. The van der Waals surface area contributed by atoms with Crippen molar-refractivity contribution in [3.63, 3.8) is 0 Å². The van der Waals surface area contributed by atoms with E-state index in [2.05, 4.69) is 4.98 Å². The fraction of sp³-hybridized carbons (Fsp3) is 0.125. The third-order valence-electron chi connectivity index (χ3n) is 2.91. The van der Waals surface area contributed by atoms with Gasteiger partial charge in [0.1, 0.15) is 5.70 Å². The monoisotopic (exact) mass is 337 g/mol. The zero-order chi connectivity index (χ0) is 17.0. The molecule has 0 radical (unpaired) electrons. The summed E-state index contributed by atoms with van der Waals surface area (Å²) in [5, 5.41) is 7.74. The zero-order valence-electron chi connectivity index (χ0n) is 12.2. The number of halogens is 3. The maximum atomic E-state index is 12.4. The van der Waals surface area contributed by atoms with Gasteiger partial charge in [-0.1, -0.05) is 6.08 Å². The predicted molar refractivity (Wildman–Crippen MR) is 87.4 cm³/mol. The average molecular weight is 337 g/mol. The highest BCUT2D eigenvalue weighted by Crippen LogP contribution is 2.29. The Morgan fingerprint density at radius 3 is 2.70 bits per heavy atom. The Balaban J connectivity index is 2.31. The second kappa shape index (κ2) is 6.78. The number of alkyl halides is 3. The number of hydrogen-bond donors (Lipinski definition) is 2. The molecule has 120 valence electrons. The Labute approximate surface area is 135 Å². The molecule has 0 saturated carbocycles. The number of nitrogens with two attached hydrogens (primary N) is 1. The fourth-order valence-corrected chi connectivity index (χ4v) is 2.78. The van der Waals surface area contributed by atoms with E-state index in [9.17, 15) is 13.2 Å². The third-order valence-corrected chi connectivity index (χ3v) is 4.00. The summed E-state index contributed by atoms with van der Waals surface area (Å²) in [5.74, 6) is 0. The number of nitrogens with one attached hydrogen (secondary N) is 1. The van der Waals surface area contributed by atoms with Gasteiger partial charge < -0.3 is 5.73 Å². The summed E-state index contributed by atoms with van der Waals surface area (Å²) in [6.45, 7) is 1.92. The van der Waals surface area contributed by atoms with Gasteiger partial charge in [0.05, 0.1) is 11.4 Å². The molecule has 0 amide bonds. The van der Waals surface area contributed by atoms with Crippen LogP contribution in [0.5, 0.6) is 0 Å². The Kier molecular flexibility index (Phi) is 5.00. The molecule has 0 atom stereocenters. The molecule has 2 aromatic rings. The Morgan fingerprint density at radius 1 is 1.30 bits per heavy atom. The average Bonchev–Trinajstić information content (AvgIpc) is 2.95. The maximum Gasteiger partial charge on any atom is 0.430 e. The highest BCUT2D eigenvalue weighted by Gasteiger charge is 2.31. The first kappa shape index (κ1) is 17.0. The highest BCUT2D eigenvalue weighted by molar-refractivity contribution is 7.16. The van der Waals surface area contributed by atoms with E-state index >= 15 is 0 Å². The summed E-state index contributed by atoms with van der Waals surface area (Å²) in [4.78, 5) is 5.96. The molecule has 0 aliphatic heterocycles. The van der Waals surface area contributed by atoms with Crippen LogP contribution in [0.2, 0.25) is 0 Å². The minimum atomic E-state index is -4.65. The number of pyridine rings is 1. The summed E-state index contributed by atoms with van der Waals surface area (Å²) in [5.41, 5.74) is 4.16. The number of aromatic nitrogens is 1. The molecule has 23 heavy (non-hydrogen) atoms. The number of thiophene rings is 1. The van der Waals surface area contributed by atoms with Crippen LogP contribution in [0.4, 0.5) is 13.2 Å². The van der Waals surface area contributed by atoms with Crippen LogP contribution in [0.1, 0.15) is 17.5 Å². The van der Waals surface area contributed by atoms with Gasteiger partial charge in [0.2, 0.25) is 0 Å². The smallest absolute Gasteiger partial charge is 0.395 e. The molecule has 3 N–H and O–H groups in total. The number of nitrogens with zero attached hydrogens (tertiary/aromatic N) is 1. The molecule has 0 aromatic carbocycles. The second-order valence-electron chi connectivity index (χ2n) is 4.64. The van der Waals surface area contributed by atoms with Crippen LogP contribution < -0.4 is 5.73 Å². The van der Waals surface area contributed by atoms with Gasteiger partial charge in [-0.2, -0.15) is 13.2 Å². The normalized spacial score (nSPS) is 12.8. The van der Waals surface area contributed by atoms with Gasteiger partial charge in [-0.3, -0.25) is 10.4 Å². The molecule has 0 unspecified atom stereocenters. The van der Waals surface area contributed by atoms with Crippen molar-refractivity contribution in [3.8, 4) is 10.4 Å². The van der Waals surface area contributed by atoms with Crippen molar-refractivity contribution in [1.29, 1.82) is 5.41 Å². The SMILES string of the molecule is C/C=C/c1ccc(-c2ccnc(C(=N)C=C(N)C(F)(F)F)c2)s1. The Bertz CT molecular complexity index is 773. The zero-order valence-corrected chi connectivity index (χ0v) is 13.0. The van der Waals surface area contributed by atoms with Gasteiger partial charge in [0.25, 0.3) is 0 Å². The van der Waals surface area contributed by atoms with Crippen molar-refractivity contribution in [1.82, 2.24) is 4.98 Å².